The highest BCUT2D eigenvalue weighted by atomic mass is 35.5. The number of rotatable bonds is 2. The first-order chi connectivity index (χ1) is 9.29. The van der Waals surface area contributed by atoms with Gasteiger partial charge in [0.2, 0.25) is 0 Å². The maximum Gasteiger partial charge on any atom is 0.416 e. The molecule has 0 bridgehead atoms. The maximum atomic E-state index is 12.6. The summed E-state index contributed by atoms with van der Waals surface area (Å²) in [6, 6.07) is 4.89. The van der Waals surface area contributed by atoms with E-state index in [-0.39, 0.29) is 5.15 Å². The van der Waals surface area contributed by atoms with Crippen molar-refractivity contribution >= 4 is 23.1 Å². The first kappa shape index (κ1) is 14.6. The molecule has 2 rings (SSSR count). The van der Waals surface area contributed by atoms with Gasteiger partial charge in [-0.05, 0) is 43.2 Å². The molecule has 0 aliphatic heterocycles. The van der Waals surface area contributed by atoms with Crippen molar-refractivity contribution in [2.24, 2.45) is 0 Å². The van der Waals surface area contributed by atoms with Crippen molar-refractivity contribution in [2.75, 3.05) is 5.32 Å². The van der Waals surface area contributed by atoms with E-state index in [0.29, 0.717) is 11.5 Å². The molecule has 7 heteroatoms. The van der Waals surface area contributed by atoms with E-state index in [1.54, 1.807) is 13.8 Å². The van der Waals surface area contributed by atoms with Crippen molar-refractivity contribution in [3.63, 3.8) is 0 Å². The fraction of sp³-hybridized carbons (Fsp3) is 0.231. The van der Waals surface area contributed by atoms with Gasteiger partial charge in [0.25, 0.3) is 0 Å². The van der Waals surface area contributed by atoms with Crippen molar-refractivity contribution in [1.29, 1.82) is 0 Å². The Labute approximate surface area is 118 Å². The monoisotopic (exact) mass is 301 g/mol. The molecule has 0 saturated heterocycles. The number of hydrogen-bond donors (Lipinski definition) is 1. The SMILES string of the molecule is Cc1c(Cl)nnc(Nc2cccc(C(F)(F)F)c2)c1C. The van der Waals surface area contributed by atoms with Crippen molar-refractivity contribution in [1.82, 2.24) is 10.2 Å². The molecule has 1 heterocycles. The van der Waals surface area contributed by atoms with Crippen LogP contribution >= 0.6 is 11.6 Å². The molecule has 0 atom stereocenters. The van der Waals surface area contributed by atoms with Crippen molar-refractivity contribution < 1.29 is 13.2 Å². The minimum atomic E-state index is -4.38. The van der Waals surface area contributed by atoms with Gasteiger partial charge in [-0.15, -0.1) is 10.2 Å². The topological polar surface area (TPSA) is 37.8 Å². The van der Waals surface area contributed by atoms with Gasteiger partial charge in [0.05, 0.1) is 5.56 Å². The molecule has 0 amide bonds. The largest absolute Gasteiger partial charge is 0.416 e. The first-order valence-corrected chi connectivity index (χ1v) is 6.10. The summed E-state index contributed by atoms with van der Waals surface area (Å²) in [5.41, 5.74) is 1.04. The Bertz CT molecular complexity index is 641. The fourth-order valence-electron chi connectivity index (χ4n) is 1.60. The van der Waals surface area contributed by atoms with Gasteiger partial charge in [-0.1, -0.05) is 17.7 Å². The third kappa shape index (κ3) is 3.01. The summed E-state index contributed by atoms with van der Waals surface area (Å²) in [7, 11) is 0. The highest BCUT2D eigenvalue weighted by Crippen LogP contribution is 2.31. The Morgan fingerprint density at radius 3 is 2.45 bits per heavy atom. The molecule has 2 aromatic rings. The van der Waals surface area contributed by atoms with E-state index in [1.165, 1.54) is 12.1 Å². The molecule has 1 N–H and O–H groups in total. The van der Waals surface area contributed by atoms with Crippen LogP contribution in [-0.4, -0.2) is 10.2 Å². The van der Waals surface area contributed by atoms with Crippen molar-refractivity contribution in [3.05, 3.63) is 46.1 Å². The van der Waals surface area contributed by atoms with Gasteiger partial charge in [-0.2, -0.15) is 13.2 Å². The number of hydrogen-bond acceptors (Lipinski definition) is 3. The van der Waals surface area contributed by atoms with E-state index < -0.39 is 11.7 Å². The average molecular weight is 302 g/mol. The standard InChI is InChI=1S/C13H11ClF3N3/c1-7-8(2)12(20-19-11(7)14)18-10-5-3-4-9(6-10)13(15,16)17/h3-6H,1-2H3,(H,18,20). The number of anilines is 2. The summed E-state index contributed by atoms with van der Waals surface area (Å²) in [5, 5.41) is 10.7. The molecule has 106 valence electrons. The average Bonchev–Trinajstić information content (AvgIpc) is 2.39. The normalized spacial score (nSPS) is 11.5. The molecule has 0 unspecified atom stereocenters. The van der Waals surface area contributed by atoms with Crippen molar-refractivity contribution in [3.8, 4) is 0 Å². The van der Waals surface area contributed by atoms with Gasteiger partial charge < -0.3 is 5.32 Å². The molecule has 0 aliphatic carbocycles. The highest BCUT2D eigenvalue weighted by Gasteiger charge is 2.30. The number of halogens is 4. The number of nitrogens with one attached hydrogen (secondary N) is 1. The lowest BCUT2D eigenvalue weighted by molar-refractivity contribution is -0.137. The summed E-state index contributed by atoms with van der Waals surface area (Å²) >= 11 is 5.82. The third-order valence-corrected chi connectivity index (χ3v) is 3.28. The number of alkyl halides is 3. The van der Waals surface area contributed by atoms with E-state index in [9.17, 15) is 13.2 Å². The number of aromatic nitrogens is 2. The Morgan fingerprint density at radius 1 is 1.10 bits per heavy atom. The molecule has 0 radical (unpaired) electrons. The van der Waals surface area contributed by atoms with Crippen LogP contribution in [0, 0.1) is 13.8 Å². The van der Waals surface area contributed by atoms with Gasteiger partial charge >= 0.3 is 6.18 Å². The lowest BCUT2D eigenvalue weighted by Crippen LogP contribution is -2.06. The zero-order valence-electron chi connectivity index (χ0n) is 10.7. The zero-order valence-corrected chi connectivity index (χ0v) is 11.5. The summed E-state index contributed by atoms with van der Waals surface area (Å²) < 4.78 is 37.9. The maximum absolute atomic E-state index is 12.6. The van der Waals surface area contributed by atoms with Crippen LogP contribution in [0.4, 0.5) is 24.7 Å². The Morgan fingerprint density at radius 2 is 1.80 bits per heavy atom. The summed E-state index contributed by atoms with van der Waals surface area (Å²) in [6.45, 7) is 3.54. The van der Waals surface area contributed by atoms with Gasteiger partial charge in [0.1, 0.15) is 0 Å². The second kappa shape index (κ2) is 5.28. The molecule has 1 aromatic heterocycles. The summed E-state index contributed by atoms with van der Waals surface area (Å²) in [4.78, 5) is 0. The van der Waals surface area contributed by atoms with E-state index >= 15 is 0 Å². The van der Waals surface area contributed by atoms with E-state index in [2.05, 4.69) is 15.5 Å². The number of nitrogens with zero attached hydrogens (tertiary/aromatic N) is 2. The smallest absolute Gasteiger partial charge is 0.338 e. The fourth-order valence-corrected chi connectivity index (χ4v) is 1.78. The van der Waals surface area contributed by atoms with E-state index in [0.717, 1.165) is 23.3 Å². The van der Waals surface area contributed by atoms with Crippen LogP contribution in [0.15, 0.2) is 24.3 Å². The third-order valence-electron chi connectivity index (χ3n) is 2.92. The van der Waals surface area contributed by atoms with E-state index in [1.807, 2.05) is 0 Å². The lowest BCUT2D eigenvalue weighted by Gasteiger charge is -2.12. The summed E-state index contributed by atoms with van der Waals surface area (Å²) in [5.74, 6) is 0.381. The molecule has 3 nitrogen and oxygen atoms in total. The molecule has 0 saturated carbocycles. The van der Waals surface area contributed by atoms with Crippen LogP contribution in [0.1, 0.15) is 16.7 Å². The first-order valence-electron chi connectivity index (χ1n) is 5.72. The highest BCUT2D eigenvalue weighted by molar-refractivity contribution is 6.30. The molecule has 0 spiro atoms. The van der Waals surface area contributed by atoms with Crippen molar-refractivity contribution in [2.45, 2.75) is 20.0 Å². The van der Waals surface area contributed by atoms with Crippen LogP contribution in [0.2, 0.25) is 5.15 Å². The van der Waals surface area contributed by atoms with Crippen LogP contribution in [0.3, 0.4) is 0 Å². The van der Waals surface area contributed by atoms with Crippen LogP contribution in [0.5, 0.6) is 0 Å². The molecular weight excluding hydrogens is 291 g/mol. The summed E-state index contributed by atoms with van der Waals surface area (Å²) in [6.07, 6.45) is -4.38. The number of benzene rings is 1. The predicted molar refractivity (Wildman–Crippen MR) is 71.2 cm³/mol. The van der Waals surface area contributed by atoms with Crippen LogP contribution in [0.25, 0.3) is 0 Å². The lowest BCUT2D eigenvalue weighted by atomic mass is 10.1. The predicted octanol–water partition coefficient (Wildman–Crippen LogP) is 4.51. The Balaban J connectivity index is 2.34. The molecule has 1 aromatic carbocycles. The minimum absolute atomic E-state index is 0.275. The second-order valence-electron chi connectivity index (χ2n) is 4.29. The minimum Gasteiger partial charge on any atom is -0.338 e. The zero-order chi connectivity index (χ0) is 14.9. The van der Waals surface area contributed by atoms with Gasteiger partial charge in [0.15, 0.2) is 11.0 Å². The Hall–Kier alpha value is -1.82. The van der Waals surface area contributed by atoms with Gasteiger partial charge in [-0.3, -0.25) is 0 Å². The van der Waals surface area contributed by atoms with E-state index in [4.69, 9.17) is 11.6 Å². The Kier molecular flexibility index (Phi) is 3.85. The molecule has 20 heavy (non-hydrogen) atoms. The van der Waals surface area contributed by atoms with Gasteiger partial charge in [0, 0.05) is 5.69 Å². The quantitative estimate of drug-likeness (QED) is 0.887. The molecule has 0 aliphatic rings. The molecule has 0 fully saturated rings. The van der Waals surface area contributed by atoms with Crippen LogP contribution in [-0.2, 0) is 6.18 Å². The van der Waals surface area contributed by atoms with Gasteiger partial charge in [-0.25, -0.2) is 0 Å². The molecular formula is C13H11ClF3N3. The van der Waals surface area contributed by atoms with Crippen LogP contribution < -0.4 is 5.32 Å². The second-order valence-corrected chi connectivity index (χ2v) is 4.65.